The van der Waals surface area contributed by atoms with Crippen LogP contribution < -0.4 is 5.32 Å². The Morgan fingerprint density at radius 1 is 0.893 bits per heavy atom. The van der Waals surface area contributed by atoms with Gasteiger partial charge in [-0.3, -0.25) is 24.0 Å². The molecule has 12 heteroatoms. The number of hydrogen-bond donors (Lipinski definition) is 2. The summed E-state index contributed by atoms with van der Waals surface area (Å²) in [6.07, 6.45) is -6.43. The molecular formula is C16H23NO11. The molecule has 158 valence electrons. The van der Waals surface area contributed by atoms with Crippen LogP contribution in [0.1, 0.15) is 34.6 Å². The Labute approximate surface area is 160 Å². The second-order valence-electron chi connectivity index (χ2n) is 6.03. The standard InChI is InChI=1S/C16H23NO11/c1-7(18)17-16(23)14(26-10(4)21)13(25-9(3)20)12(6-24-8(2)19)28-15(16)27-11(5)22/h12-15,23H,6H2,1-5H3,(H,17,18)/t12-,13+,14+,15?,16-/m1/s1. The first kappa shape index (κ1) is 23.3. The minimum Gasteiger partial charge on any atom is -0.463 e. The van der Waals surface area contributed by atoms with Crippen LogP contribution in [0.2, 0.25) is 0 Å². The molecule has 5 atom stereocenters. The Morgan fingerprint density at radius 2 is 1.43 bits per heavy atom. The van der Waals surface area contributed by atoms with Crippen LogP contribution in [0, 0.1) is 0 Å². The van der Waals surface area contributed by atoms with Crippen molar-refractivity contribution in [3.63, 3.8) is 0 Å². The summed E-state index contributed by atoms with van der Waals surface area (Å²) in [5.74, 6) is -4.12. The first-order chi connectivity index (χ1) is 12.9. The van der Waals surface area contributed by atoms with E-state index in [1.54, 1.807) is 0 Å². The molecule has 0 aliphatic carbocycles. The van der Waals surface area contributed by atoms with Crippen molar-refractivity contribution in [2.24, 2.45) is 0 Å². The number of esters is 4. The third-order valence-corrected chi connectivity index (χ3v) is 3.45. The second-order valence-corrected chi connectivity index (χ2v) is 6.03. The average molecular weight is 405 g/mol. The number of hydrogen-bond acceptors (Lipinski definition) is 11. The largest absolute Gasteiger partial charge is 0.463 e. The summed E-state index contributed by atoms with van der Waals surface area (Å²) in [6.45, 7) is 4.74. The lowest BCUT2D eigenvalue weighted by atomic mass is 9.92. The van der Waals surface area contributed by atoms with Gasteiger partial charge in [0.15, 0.2) is 12.2 Å². The van der Waals surface area contributed by atoms with Gasteiger partial charge in [-0.25, -0.2) is 0 Å². The molecule has 12 nitrogen and oxygen atoms in total. The van der Waals surface area contributed by atoms with Gasteiger partial charge in [0.25, 0.3) is 6.29 Å². The van der Waals surface area contributed by atoms with E-state index in [4.69, 9.17) is 23.7 Å². The molecule has 0 bridgehead atoms. The van der Waals surface area contributed by atoms with E-state index < -0.39 is 66.7 Å². The summed E-state index contributed by atoms with van der Waals surface area (Å²) >= 11 is 0. The Hall–Kier alpha value is -2.73. The maximum absolute atomic E-state index is 11.6. The number of aliphatic hydroxyl groups is 1. The van der Waals surface area contributed by atoms with Gasteiger partial charge in [-0.2, -0.15) is 0 Å². The van der Waals surface area contributed by atoms with E-state index in [2.05, 4.69) is 5.32 Å². The number of rotatable bonds is 6. The molecular weight excluding hydrogens is 382 g/mol. The van der Waals surface area contributed by atoms with Crippen molar-refractivity contribution in [1.82, 2.24) is 5.32 Å². The van der Waals surface area contributed by atoms with Crippen LogP contribution in [-0.2, 0) is 47.7 Å². The van der Waals surface area contributed by atoms with Gasteiger partial charge in [-0.05, 0) is 0 Å². The molecule has 0 saturated carbocycles. The average Bonchev–Trinajstić information content (AvgIpc) is 2.50. The van der Waals surface area contributed by atoms with E-state index in [9.17, 15) is 29.1 Å². The van der Waals surface area contributed by atoms with Gasteiger partial charge in [0.2, 0.25) is 11.6 Å². The predicted molar refractivity (Wildman–Crippen MR) is 86.9 cm³/mol. The predicted octanol–water partition coefficient (Wildman–Crippen LogP) is -1.47. The molecule has 1 unspecified atom stereocenters. The highest BCUT2D eigenvalue weighted by atomic mass is 16.7. The smallest absolute Gasteiger partial charge is 0.305 e. The fraction of sp³-hybridized carbons (Fsp3) is 0.688. The number of nitrogens with one attached hydrogen (secondary N) is 1. The van der Waals surface area contributed by atoms with E-state index in [0.717, 1.165) is 34.6 Å². The molecule has 0 aromatic heterocycles. The Bertz CT molecular complexity index is 649. The van der Waals surface area contributed by atoms with Crippen molar-refractivity contribution in [2.75, 3.05) is 6.61 Å². The number of amides is 1. The zero-order chi connectivity index (χ0) is 21.6. The zero-order valence-electron chi connectivity index (χ0n) is 16.0. The Balaban J connectivity index is 3.44. The van der Waals surface area contributed by atoms with Gasteiger partial charge in [-0.1, -0.05) is 0 Å². The lowest BCUT2D eigenvalue weighted by Gasteiger charge is -2.48. The summed E-state index contributed by atoms with van der Waals surface area (Å²) in [6, 6.07) is 0. The van der Waals surface area contributed by atoms with Crippen LogP contribution in [0.4, 0.5) is 0 Å². The molecule has 1 amide bonds. The van der Waals surface area contributed by atoms with Crippen molar-refractivity contribution in [3.05, 3.63) is 0 Å². The molecule has 0 spiro atoms. The first-order valence-corrected chi connectivity index (χ1v) is 8.18. The van der Waals surface area contributed by atoms with E-state index in [1.807, 2.05) is 0 Å². The lowest BCUT2D eigenvalue weighted by Crippen LogP contribution is -2.75. The van der Waals surface area contributed by atoms with Crippen molar-refractivity contribution >= 4 is 29.8 Å². The van der Waals surface area contributed by atoms with Crippen molar-refractivity contribution < 1.29 is 52.8 Å². The fourth-order valence-electron chi connectivity index (χ4n) is 2.60. The third kappa shape index (κ3) is 6.16. The van der Waals surface area contributed by atoms with Gasteiger partial charge in [0, 0.05) is 34.6 Å². The number of carbonyl (C=O) groups is 5. The molecule has 1 aliphatic heterocycles. The molecule has 1 saturated heterocycles. The van der Waals surface area contributed by atoms with Crippen LogP contribution >= 0.6 is 0 Å². The SMILES string of the molecule is CC(=O)N[C@]1(O)C(OC(C)=O)O[C@H](COC(C)=O)[C@H](OC(C)=O)[C@@H]1OC(C)=O. The maximum Gasteiger partial charge on any atom is 0.305 e. The number of carbonyl (C=O) groups excluding carboxylic acids is 5. The van der Waals surface area contributed by atoms with Crippen molar-refractivity contribution in [1.29, 1.82) is 0 Å². The highest BCUT2D eigenvalue weighted by Crippen LogP contribution is 2.33. The summed E-state index contributed by atoms with van der Waals surface area (Å²) < 4.78 is 25.4. The van der Waals surface area contributed by atoms with Gasteiger partial charge >= 0.3 is 23.9 Å². The molecule has 1 heterocycles. The van der Waals surface area contributed by atoms with Crippen molar-refractivity contribution in [3.8, 4) is 0 Å². The van der Waals surface area contributed by atoms with Crippen molar-refractivity contribution in [2.45, 2.75) is 64.9 Å². The fourth-order valence-corrected chi connectivity index (χ4v) is 2.60. The van der Waals surface area contributed by atoms with Gasteiger partial charge in [-0.15, -0.1) is 0 Å². The first-order valence-electron chi connectivity index (χ1n) is 8.18. The molecule has 2 N–H and O–H groups in total. The second kappa shape index (κ2) is 9.46. The molecule has 0 aromatic rings. The Kier molecular flexibility index (Phi) is 7.88. The van der Waals surface area contributed by atoms with Crippen LogP contribution in [0.5, 0.6) is 0 Å². The highest BCUT2D eigenvalue weighted by Gasteiger charge is 2.61. The minimum absolute atomic E-state index is 0.487. The third-order valence-electron chi connectivity index (χ3n) is 3.45. The summed E-state index contributed by atoms with van der Waals surface area (Å²) in [7, 11) is 0. The van der Waals surface area contributed by atoms with E-state index >= 15 is 0 Å². The quantitative estimate of drug-likeness (QED) is 0.301. The summed E-state index contributed by atoms with van der Waals surface area (Å²) in [5.41, 5.74) is -2.60. The van der Waals surface area contributed by atoms with Gasteiger partial charge < -0.3 is 34.1 Å². The van der Waals surface area contributed by atoms with Crippen LogP contribution in [0.3, 0.4) is 0 Å². The lowest BCUT2D eigenvalue weighted by molar-refractivity contribution is -0.340. The maximum atomic E-state index is 11.6. The van der Waals surface area contributed by atoms with Crippen LogP contribution in [-0.4, -0.2) is 71.8 Å². The van der Waals surface area contributed by atoms with Crippen LogP contribution in [0.15, 0.2) is 0 Å². The van der Waals surface area contributed by atoms with Gasteiger partial charge in [0.1, 0.15) is 12.7 Å². The minimum atomic E-state index is -2.60. The normalized spacial score (nSPS) is 29.2. The molecule has 1 fully saturated rings. The van der Waals surface area contributed by atoms with E-state index in [-0.39, 0.29) is 0 Å². The number of ether oxygens (including phenoxy) is 5. The summed E-state index contributed by atoms with van der Waals surface area (Å²) in [5, 5.41) is 13.1. The van der Waals surface area contributed by atoms with E-state index in [1.165, 1.54) is 0 Å². The topological polar surface area (TPSA) is 164 Å². The zero-order valence-corrected chi connectivity index (χ0v) is 16.0. The van der Waals surface area contributed by atoms with Gasteiger partial charge in [0.05, 0.1) is 0 Å². The monoisotopic (exact) mass is 405 g/mol. The van der Waals surface area contributed by atoms with Crippen LogP contribution in [0.25, 0.3) is 0 Å². The highest BCUT2D eigenvalue weighted by molar-refractivity contribution is 5.74. The van der Waals surface area contributed by atoms with E-state index in [0.29, 0.717) is 0 Å². The molecule has 28 heavy (non-hydrogen) atoms. The molecule has 1 rings (SSSR count). The molecule has 0 radical (unpaired) electrons. The summed E-state index contributed by atoms with van der Waals surface area (Å²) in [4.78, 5) is 57.3. The molecule has 0 aromatic carbocycles. The Morgan fingerprint density at radius 3 is 1.86 bits per heavy atom. The molecule has 1 aliphatic rings.